The van der Waals surface area contributed by atoms with E-state index < -0.39 is 16.1 Å². The number of hydrogen-bond donors (Lipinski definition) is 2. The topological polar surface area (TPSA) is 173 Å². The maximum absolute atomic E-state index is 13.5. The van der Waals surface area contributed by atoms with Gasteiger partial charge in [0.1, 0.15) is 19.0 Å². The van der Waals surface area contributed by atoms with E-state index in [1.54, 1.807) is 41.8 Å². The van der Waals surface area contributed by atoms with Crippen molar-refractivity contribution in [2.75, 3.05) is 37.5 Å². The van der Waals surface area contributed by atoms with Crippen molar-refractivity contribution in [3.63, 3.8) is 0 Å². The van der Waals surface area contributed by atoms with E-state index in [2.05, 4.69) is 30.0 Å². The molecule has 0 aliphatic rings. The third kappa shape index (κ3) is 7.92. The molecule has 1 amide bonds. The van der Waals surface area contributed by atoms with Gasteiger partial charge in [-0.25, -0.2) is 28.2 Å². The Hall–Kier alpha value is -5.48. The number of carbonyl (C=O) groups excluding carboxylic acids is 1. The number of anilines is 2. The number of aromatic nitrogens is 4. The number of thiophene rings is 1. The van der Waals surface area contributed by atoms with Gasteiger partial charge in [-0.05, 0) is 53.9 Å². The highest BCUT2D eigenvalue weighted by Crippen LogP contribution is 2.41. The van der Waals surface area contributed by atoms with Gasteiger partial charge in [0.15, 0.2) is 23.1 Å². The average Bonchev–Trinajstić information content (AvgIpc) is 3.57. The van der Waals surface area contributed by atoms with Crippen molar-refractivity contribution in [3.05, 3.63) is 83.8 Å². The van der Waals surface area contributed by atoms with Crippen molar-refractivity contribution in [2.45, 2.75) is 4.90 Å². The van der Waals surface area contributed by atoms with Gasteiger partial charge in [-0.2, -0.15) is 16.3 Å². The first-order valence-corrected chi connectivity index (χ1v) is 15.5. The number of hydrogen-bond acceptors (Lipinski definition) is 13. The third-order valence-electron chi connectivity index (χ3n) is 5.80. The van der Waals surface area contributed by atoms with Crippen molar-refractivity contribution in [1.29, 1.82) is 0 Å². The number of para-hydroxylation sites is 2. The van der Waals surface area contributed by atoms with E-state index >= 15 is 0 Å². The normalized spacial score (nSPS) is 10.9. The molecule has 0 saturated heterocycles. The summed E-state index contributed by atoms with van der Waals surface area (Å²) in [7, 11) is -1.30. The van der Waals surface area contributed by atoms with Crippen LogP contribution in [0, 0.1) is 0 Å². The Kier molecular flexibility index (Phi) is 9.86. The molecule has 232 valence electrons. The van der Waals surface area contributed by atoms with Crippen LogP contribution >= 0.6 is 11.3 Å². The molecule has 0 radical (unpaired) electrons. The van der Waals surface area contributed by atoms with Crippen LogP contribution in [0.25, 0.3) is 11.6 Å². The smallest absolute Gasteiger partial charge is 0.411 e. The van der Waals surface area contributed by atoms with Crippen molar-refractivity contribution in [2.24, 2.45) is 0 Å². The Morgan fingerprint density at radius 3 is 2.31 bits per heavy atom. The summed E-state index contributed by atoms with van der Waals surface area (Å²) >= 11 is 1.42. The zero-order valence-electron chi connectivity index (χ0n) is 23.9. The Labute approximate surface area is 262 Å². The first-order valence-electron chi connectivity index (χ1n) is 13.1. The fourth-order valence-corrected chi connectivity index (χ4v) is 5.31. The van der Waals surface area contributed by atoms with Crippen molar-refractivity contribution in [1.82, 2.24) is 19.9 Å². The van der Waals surface area contributed by atoms with Gasteiger partial charge < -0.3 is 23.7 Å². The lowest BCUT2D eigenvalue weighted by Crippen LogP contribution is -2.19. The molecule has 3 aromatic heterocycles. The summed E-state index contributed by atoms with van der Waals surface area (Å²) in [6, 6.07) is 15.8. The van der Waals surface area contributed by atoms with Gasteiger partial charge in [0, 0.05) is 17.8 Å². The number of ether oxygens (including phenoxy) is 5. The van der Waals surface area contributed by atoms with E-state index in [9.17, 15) is 13.2 Å². The first-order chi connectivity index (χ1) is 21.9. The van der Waals surface area contributed by atoms with Crippen LogP contribution in [0.4, 0.5) is 16.3 Å². The fraction of sp³-hybridized carbons (Fsp3) is 0.138. The molecule has 5 rings (SSSR count). The monoisotopic (exact) mass is 650 g/mol. The number of rotatable bonds is 13. The molecule has 0 aliphatic heterocycles. The lowest BCUT2D eigenvalue weighted by molar-refractivity contribution is 0.135. The second kappa shape index (κ2) is 14.3. The molecule has 14 nitrogen and oxygen atoms in total. The molecule has 0 unspecified atom stereocenters. The van der Waals surface area contributed by atoms with Crippen molar-refractivity contribution >= 4 is 39.0 Å². The molecule has 2 aromatic carbocycles. The molecule has 0 atom stereocenters. The molecule has 3 heterocycles. The number of sulfonamides is 1. The largest absolute Gasteiger partial charge is 0.497 e. The van der Waals surface area contributed by atoms with Gasteiger partial charge in [-0.1, -0.05) is 12.1 Å². The van der Waals surface area contributed by atoms with Crippen LogP contribution in [-0.2, 0) is 14.8 Å². The highest BCUT2D eigenvalue weighted by atomic mass is 32.2. The van der Waals surface area contributed by atoms with Crippen molar-refractivity contribution in [3.8, 4) is 40.5 Å². The summed E-state index contributed by atoms with van der Waals surface area (Å²) in [4.78, 5) is 29.3. The third-order valence-corrected chi connectivity index (χ3v) is 7.84. The zero-order chi connectivity index (χ0) is 31.6. The van der Waals surface area contributed by atoms with Gasteiger partial charge in [-0.3, -0.25) is 10.0 Å². The maximum atomic E-state index is 13.5. The van der Waals surface area contributed by atoms with Gasteiger partial charge in [0.25, 0.3) is 15.9 Å². The lowest BCUT2D eigenvalue weighted by atomic mass is 10.3. The number of nitrogens with zero attached hydrogens (tertiary/aromatic N) is 4. The molecule has 0 bridgehead atoms. The molecule has 45 heavy (non-hydrogen) atoms. The number of benzene rings is 2. The Morgan fingerprint density at radius 1 is 0.867 bits per heavy atom. The molecule has 0 aliphatic carbocycles. The first kappa shape index (κ1) is 31.0. The standard InChI is InChI=1S/C29H26N6O8S2/c1-39-20-8-10-21(11-9-20)45(37,38)35-25-24(43-23-7-4-3-6-22(23)40-2)28(34-27(33-25)26-30-13-5-14-31-26)41-15-16-42-29(36)32-19-12-17-44-18-19/h3-14,17-18H,15-16H2,1-2H3,(H,32,36)(H,33,34,35). The second-order valence-corrected chi connectivity index (χ2v) is 11.2. The Bertz CT molecular complexity index is 1840. The number of nitrogens with one attached hydrogen (secondary N) is 2. The molecule has 0 spiro atoms. The number of amides is 1. The van der Waals surface area contributed by atoms with E-state index in [-0.39, 0.29) is 53.0 Å². The molecule has 0 saturated carbocycles. The molecule has 5 aromatic rings. The quantitative estimate of drug-likeness (QED) is 0.159. The van der Waals surface area contributed by atoms with Crippen LogP contribution in [0.15, 0.2) is 88.7 Å². The highest BCUT2D eigenvalue weighted by Gasteiger charge is 2.26. The highest BCUT2D eigenvalue weighted by molar-refractivity contribution is 7.92. The minimum absolute atomic E-state index is 0.0680. The zero-order valence-corrected chi connectivity index (χ0v) is 25.5. The van der Waals surface area contributed by atoms with E-state index in [4.69, 9.17) is 23.7 Å². The summed E-state index contributed by atoms with van der Waals surface area (Å²) in [5.41, 5.74) is 0.593. The predicted molar refractivity (Wildman–Crippen MR) is 165 cm³/mol. The summed E-state index contributed by atoms with van der Waals surface area (Å²) in [6.45, 7) is -0.367. The lowest BCUT2D eigenvalue weighted by Gasteiger charge is -2.18. The summed E-state index contributed by atoms with van der Waals surface area (Å²) < 4.78 is 57.3. The van der Waals surface area contributed by atoms with Gasteiger partial charge in [0.05, 0.1) is 24.8 Å². The predicted octanol–water partition coefficient (Wildman–Crippen LogP) is 5.23. The van der Waals surface area contributed by atoms with Crippen LogP contribution in [-0.4, -0.2) is 61.9 Å². The van der Waals surface area contributed by atoms with Gasteiger partial charge in [0.2, 0.25) is 11.6 Å². The van der Waals surface area contributed by atoms with Crippen LogP contribution < -0.4 is 29.0 Å². The second-order valence-electron chi connectivity index (χ2n) is 8.76. The van der Waals surface area contributed by atoms with E-state index in [1.165, 1.54) is 62.2 Å². The van der Waals surface area contributed by atoms with E-state index in [0.717, 1.165) is 0 Å². The summed E-state index contributed by atoms with van der Waals surface area (Å²) in [6.07, 6.45) is 2.27. The fourth-order valence-electron chi connectivity index (χ4n) is 3.72. The average molecular weight is 651 g/mol. The van der Waals surface area contributed by atoms with Crippen LogP contribution in [0.1, 0.15) is 0 Å². The SMILES string of the molecule is COc1ccc(S(=O)(=O)Nc2nc(-c3ncccn3)nc(OCCOC(=O)Nc3ccsc3)c2Oc2ccccc2OC)cc1. The Morgan fingerprint density at radius 2 is 1.62 bits per heavy atom. The minimum atomic E-state index is -4.23. The Balaban J connectivity index is 1.51. The molecule has 16 heteroatoms. The van der Waals surface area contributed by atoms with Crippen molar-refractivity contribution < 1.29 is 36.9 Å². The summed E-state index contributed by atoms with van der Waals surface area (Å²) in [5.74, 6) is 0.391. The van der Waals surface area contributed by atoms with E-state index in [0.29, 0.717) is 17.2 Å². The molecule has 2 N–H and O–H groups in total. The summed E-state index contributed by atoms with van der Waals surface area (Å²) in [5, 5.41) is 6.16. The van der Waals surface area contributed by atoms with Crippen LogP contribution in [0.3, 0.4) is 0 Å². The van der Waals surface area contributed by atoms with Crippen LogP contribution in [0.5, 0.6) is 28.9 Å². The van der Waals surface area contributed by atoms with Gasteiger partial charge >= 0.3 is 6.09 Å². The molecular formula is C29H26N6O8S2. The van der Waals surface area contributed by atoms with Crippen LogP contribution in [0.2, 0.25) is 0 Å². The number of carbonyl (C=O) groups is 1. The minimum Gasteiger partial charge on any atom is -0.497 e. The maximum Gasteiger partial charge on any atom is 0.411 e. The molecular weight excluding hydrogens is 624 g/mol. The van der Waals surface area contributed by atoms with Gasteiger partial charge in [-0.15, -0.1) is 0 Å². The number of methoxy groups -OCH3 is 2. The molecule has 0 fully saturated rings. The van der Waals surface area contributed by atoms with E-state index in [1.807, 2.05) is 5.38 Å².